The first kappa shape index (κ1) is 25.0. The van der Waals surface area contributed by atoms with Crippen LogP contribution in [-0.2, 0) is 19.6 Å². The second-order valence-corrected chi connectivity index (χ2v) is 11.0. The highest BCUT2D eigenvalue weighted by atomic mass is 32.2. The predicted molar refractivity (Wildman–Crippen MR) is 119 cm³/mol. The van der Waals surface area contributed by atoms with Crippen LogP contribution in [0.2, 0.25) is 0 Å². The van der Waals surface area contributed by atoms with Gasteiger partial charge in [-0.25, -0.2) is 8.42 Å². The fourth-order valence-electron chi connectivity index (χ4n) is 4.87. The number of ether oxygens (including phenoxy) is 2. The Kier molecular flexibility index (Phi) is 7.23. The molecule has 34 heavy (non-hydrogen) atoms. The number of nitrogens with zero attached hydrogens (tertiary/aromatic N) is 2. The molecule has 0 radical (unpaired) electrons. The zero-order valence-corrected chi connectivity index (χ0v) is 19.8. The molecular weight excluding hydrogens is 473 g/mol. The summed E-state index contributed by atoms with van der Waals surface area (Å²) in [5.41, 5.74) is 1.08. The summed E-state index contributed by atoms with van der Waals surface area (Å²) in [4.78, 5) is 14.5. The van der Waals surface area contributed by atoms with Crippen molar-refractivity contribution in [2.75, 3.05) is 19.8 Å². The number of rotatable bonds is 2. The largest absolute Gasteiger partial charge is 0.483 e. The number of halogens is 3. The van der Waals surface area contributed by atoms with Crippen LogP contribution in [0.3, 0.4) is 0 Å². The van der Waals surface area contributed by atoms with Gasteiger partial charge in [0.25, 0.3) is 15.9 Å². The highest BCUT2D eigenvalue weighted by Crippen LogP contribution is 2.39. The molecule has 3 aliphatic heterocycles. The van der Waals surface area contributed by atoms with E-state index in [9.17, 15) is 26.4 Å². The molecule has 1 aromatic rings. The van der Waals surface area contributed by atoms with Gasteiger partial charge in [0.2, 0.25) is 0 Å². The normalized spacial score (nSPS) is 28.7. The van der Waals surface area contributed by atoms with Crippen molar-refractivity contribution < 1.29 is 35.9 Å². The number of carbonyl (C=O) groups excluding carboxylic acids is 1. The minimum atomic E-state index is -4.94. The van der Waals surface area contributed by atoms with Crippen molar-refractivity contribution >= 4 is 21.6 Å². The van der Waals surface area contributed by atoms with Gasteiger partial charge in [0.05, 0.1) is 24.5 Å². The third kappa shape index (κ3) is 5.40. The van der Waals surface area contributed by atoms with Gasteiger partial charge in [0.15, 0.2) is 11.9 Å². The predicted octanol–water partition coefficient (Wildman–Crippen LogP) is 3.83. The van der Waals surface area contributed by atoms with Gasteiger partial charge in [-0.2, -0.15) is 17.6 Å². The minimum absolute atomic E-state index is 0.0111. The zero-order chi connectivity index (χ0) is 24.5. The van der Waals surface area contributed by atoms with Gasteiger partial charge in [-0.15, -0.1) is 0 Å². The molecule has 1 saturated heterocycles. The Balaban J connectivity index is 1.65. The number of carbonyl (C=O) groups is 1. The average molecular weight is 503 g/mol. The van der Waals surface area contributed by atoms with Crippen LogP contribution in [0, 0.1) is 0 Å². The second-order valence-electron chi connectivity index (χ2n) is 9.12. The summed E-state index contributed by atoms with van der Waals surface area (Å²) in [5, 5.41) is -2.63. The Labute approximate surface area is 197 Å². The zero-order valence-electron chi connectivity index (χ0n) is 19.0. The number of fused-ring (bicyclic) bond motifs is 5. The maximum absolute atomic E-state index is 13.1. The first-order valence-corrected chi connectivity index (χ1v) is 13.1. The number of benzene rings is 1. The number of piperidine rings is 1. The highest BCUT2D eigenvalue weighted by Gasteiger charge is 2.46. The molecule has 2 fully saturated rings. The highest BCUT2D eigenvalue weighted by molar-refractivity contribution is 7.90. The minimum Gasteiger partial charge on any atom is -0.483 e. The molecule has 1 unspecified atom stereocenters. The van der Waals surface area contributed by atoms with Crippen LogP contribution in [0.5, 0.6) is 5.75 Å². The lowest BCUT2D eigenvalue weighted by Crippen LogP contribution is -2.53. The lowest BCUT2D eigenvalue weighted by atomic mass is 9.82. The van der Waals surface area contributed by atoms with E-state index in [0.29, 0.717) is 31.6 Å². The SMILES string of the molecule is C[C@@H](C(F)(F)F)S(=O)(=O)/N=C1\CCCN2C(=O)COc3ccccc3C3CCC(CC3)OCC12. The average Bonchev–Trinajstić information content (AvgIpc) is 2.82. The van der Waals surface area contributed by atoms with Crippen LogP contribution in [0.25, 0.3) is 0 Å². The number of para-hydroxylation sites is 1. The van der Waals surface area contributed by atoms with Gasteiger partial charge in [-0.3, -0.25) is 4.79 Å². The second kappa shape index (κ2) is 9.85. The summed E-state index contributed by atoms with van der Waals surface area (Å²) in [6, 6.07) is 6.77. The molecule has 4 aliphatic rings. The Morgan fingerprint density at radius 2 is 1.85 bits per heavy atom. The van der Waals surface area contributed by atoms with E-state index < -0.39 is 27.5 Å². The first-order valence-electron chi connectivity index (χ1n) is 11.6. The number of hydrogen-bond donors (Lipinski definition) is 0. The molecule has 2 bridgehead atoms. The summed E-state index contributed by atoms with van der Waals surface area (Å²) in [5.74, 6) is 0.549. The number of sulfonamides is 1. The van der Waals surface area contributed by atoms with Gasteiger partial charge >= 0.3 is 6.18 Å². The van der Waals surface area contributed by atoms with Crippen molar-refractivity contribution in [3.05, 3.63) is 29.8 Å². The van der Waals surface area contributed by atoms with Gasteiger partial charge in [-0.1, -0.05) is 18.2 Å². The fraction of sp³-hybridized carbons (Fsp3) is 0.652. The number of amides is 1. The van der Waals surface area contributed by atoms with E-state index >= 15 is 0 Å². The Hall–Kier alpha value is -2.14. The van der Waals surface area contributed by atoms with Gasteiger partial charge < -0.3 is 14.4 Å². The first-order chi connectivity index (χ1) is 16.1. The van der Waals surface area contributed by atoms with E-state index in [4.69, 9.17) is 9.47 Å². The molecule has 1 saturated carbocycles. The summed E-state index contributed by atoms with van der Waals surface area (Å²) >= 11 is 0. The topological polar surface area (TPSA) is 85.3 Å². The van der Waals surface area contributed by atoms with Crippen molar-refractivity contribution in [1.82, 2.24) is 4.90 Å². The molecule has 1 aromatic carbocycles. The van der Waals surface area contributed by atoms with Crippen LogP contribution < -0.4 is 4.74 Å². The third-order valence-electron chi connectivity index (χ3n) is 6.94. The molecule has 1 amide bonds. The molecule has 1 aliphatic carbocycles. The third-order valence-corrected chi connectivity index (χ3v) is 8.59. The quantitative estimate of drug-likeness (QED) is 0.614. The van der Waals surface area contributed by atoms with Gasteiger partial charge in [0, 0.05) is 6.54 Å². The Bertz CT molecular complexity index is 1040. The van der Waals surface area contributed by atoms with Crippen LogP contribution >= 0.6 is 0 Å². The Morgan fingerprint density at radius 3 is 2.56 bits per heavy atom. The molecular formula is C23H29F3N2O5S. The standard InChI is InChI=1S/C23H29F3N2O5S/c1-15(23(24,25)26)34(30,31)27-19-6-4-12-28-20(19)13-32-17-10-8-16(9-11-17)18-5-2-3-7-21(18)33-14-22(28)29/h2-3,5,7,15-17,20H,4,6,8-14H2,1H3/b27-19+/t15-,16?,17?,20?/m0/s1. The monoisotopic (exact) mass is 502 g/mol. The fourth-order valence-corrected chi connectivity index (χ4v) is 5.91. The Morgan fingerprint density at radius 1 is 1.15 bits per heavy atom. The van der Waals surface area contributed by atoms with E-state index in [1.165, 1.54) is 4.90 Å². The molecule has 7 nitrogen and oxygen atoms in total. The maximum atomic E-state index is 13.1. The summed E-state index contributed by atoms with van der Waals surface area (Å²) in [6.45, 7) is 0.625. The molecule has 2 atom stereocenters. The number of hydrogen-bond acceptors (Lipinski definition) is 5. The van der Waals surface area contributed by atoms with Gasteiger partial charge in [-0.05, 0) is 63.0 Å². The van der Waals surface area contributed by atoms with E-state index in [2.05, 4.69) is 4.40 Å². The van der Waals surface area contributed by atoms with Crippen LogP contribution in [-0.4, -0.2) is 68.3 Å². The summed E-state index contributed by atoms with van der Waals surface area (Å²) in [7, 11) is -4.85. The van der Waals surface area contributed by atoms with Crippen molar-refractivity contribution in [3.8, 4) is 5.75 Å². The smallest absolute Gasteiger partial charge is 0.407 e. The van der Waals surface area contributed by atoms with E-state index in [1.54, 1.807) is 0 Å². The molecule has 3 heterocycles. The van der Waals surface area contributed by atoms with Crippen molar-refractivity contribution in [2.45, 2.75) is 74.9 Å². The molecule has 0 aromatic heterocycles. The molecule has 188 valence electrons. The lowest BCUT2D eigenvalue weighted by Gasteiger charge is -2.37. The molecule has 0 N–H and O–H groups in total. The van der Waals surface area contributed by atoms with E-state index in [-0.39, 0.29) is 37.4 Å². The summed E-state index contributed by atoms with van der Waals surface area (Å²) < 4.78 is 79.7. The molecule has 0 spiro atoms. The van der Waals surface area contributed by atoms with E-state index in [1.807, 2.05) is 24.3 Å². The summed E-state index contributed by atoms with van der Waals surface area (Å²) in [6.07, 6.45) is -1.11. The van der Waals surface area contributed by atoms with Crippen molar-refractivity contribution in [2.24, 2.45) is 4.40 Å². The van der Waals surface area contributed by atoms with E-state index in [0.717, 1.165) is 31.2 Å². The number of alkyl halides is 3. The van der Waals surface area contributed by atoms with Crippen LogP contribution in [0.4, 0.5) is 13.2 Å². The van der Waals surface area contributed by atoms with Crippen LogP contribution in [0.1, 0.15) is 56.9 Å². The van der Waals surface area contributed by atoms with Gasteiger partial charge in [0.1, 0.15) is 5.75 Å². The molecule has 11 heteroatoms. The van der Waals surface area contributed by atoms with Crippen molar-refractivity contribution in [1.29, 1.82) is 0 Å². The maximum Gasteiger partial charge on any atom is 0.407 e. The van der Waals surface area contributed by atoms with Crippen LogP contribution in [0.15, 0.2) is 28.7 Å². The lowest BCUT2D eigenvalue weighted by molar-refractivity contribution is -0.136. The molecule has 5 rings (SSSR count). The van der Waals surface area contributed by atoms with Crippen molar-refractivity contribution in [3.63, 3.8) is 0 Å².